The maximum Gasteiger partial charge on any atom is 0.120 e. The predicted octanol–water partition coefficient (Wildman–Crippen LogP) is 2.69. The molecule has 0 aliphatic carbocycles. The zero-order valence-corrected chi connectivity index (χ0v) is 8.44. The van der Waals surface area contributed by atoms with Crippen molar-refractivity contribution in [3.8, 4) is 5.75 Å². The van der Waals surface area contributed by atoms with Crippen molar-refractivity contribution in [2.24, 2.45) is 0 Å². The fourth-order valence-corrected chi connectivity index (χ4v) is 1.20. The average molecular weight is 192 g/mol. The van der Waals surface area contributed by atoms with Crippen molar-refractivity contribution in [1.82, 2.24) is 0 Å². The van der Waals surface area contributed by atoms with E-state index in [-0.39, 0.29) is 0 Å². The highest BCUT2D eigenvalue weighted by atomic mass is 16.5. The Bertz CT molecular complexity index is 294. The van der Waals surface area contributed by atoms with Gasteiger partial charge >= 0.3 is 0 Å². The fraction of sp³-hybridized carbons (Fsp3) is 0.333. The first kappa shape index (κ1) is 10.8. The van der Waals surface area contributed by atoms with Crippen molar-refractivity contribution >= 4 is 0 Å². The minimum atomic E-state index is -0.401. The zero-order valence-electron chi connectivity index (χ0n) is 8.44. The van der Waals surface area contributed by atoms with Crippen LogP contribution in [0, 0.1) is 0 Å². The second-order valence-electron chi connectivity index (χ2n) is 3.10. The molecule has 1 atom stereocenters. The minimum Gasteiger partial charge on any atom is -0.490 e. The topological polar surface area (TPSA) is 29.5 Å². The highest BCUT2D eigenvalue weighted by Gasteiger charge is 2.04. The van der Waals surface area contributed by atoms with Crippen LogP contribution in [0.3, 0.4) is 0 Å². The lowest BCUT2D eigenvalue weighted by molar-refractivity contribution is 0.173. The van der Waals surface area contributed by atoms with Gasteiger partial charge < -0.3 is 9.84 Å². The Balaban J connectivity index is 2.73. The molecule has 2 heteroatoms. The summed E-state index contributed by atoms with van der Waals surface area (Å²) in [5.41, 5.74) is 0.897. The van der Waals surface area contributed by atoms with E-state index in [4.69, 9.17) is 4.74 Å². The van der Waals surface area contributed by atoms with Gasteiger partial charge in [0.05, 0.1) is 6.10 Å². The van der Waals surface area contributed by atoms with E-state index in [1.54, 1.807) is 6.08 Å². The largest absolute Gasteiger partial charge is 0.490 e. The molecule has 1 aromatic rings. The lowest BCUT2D eigenvalue weighted by Crippen LogP contribution is -1.97. The fourth-order valence-electron chi connectivity index (χ4n) is 1.20. The molecule has 1 unspecified atom stereocenters. The summed E-state index contributed by atoms with van der Waals surface area (Å²) in [5, 5.41) is 9.60. The van der Waals surface area contributed by atoms with E-state index in [9.17, 15) is 5.11 Å². The Morgan fingerprint density at radius 3 is 3.00 bits per heavy atom. The predicted molar refractivity (Wildman–Crippen MR) is 57.4 cm³/mol. The molecule has 0 fully saturated rings. The minimum absolute atomic E-state index is 0.401. The van der Waals surface area contributed by atoms with Crippen molar-refractivity contribution in [2.45, 2.75) is 19.4 Å². The number of aliphatic hydroxyl groups excluding tert-OH is 1. The molecule has 0 aromatic heterocycles. The number of benzene rings is 1. The summed E-state index contributed by atoms with van der Waals surface area (Å²) in [7, 11) is 0. The van der Waals surface area contributed by atoms with Crippen LogP contribution >= 0.6 is 0 Å². The lowest BCUT2D eigenvalue weighted by atomic mass is 10.1. The molecular formula is C12H16O2. The molecule has 0 radical (unpaired) electrons. The maximum absolute atomic E-state index is 9.60. The van der Waals surface area contributed by atoms with Crippen LogP contribution in [0.15, 0.2) is 36.9 Å². The Morgan fingerprint density at radius 1 is 1.57 bits per heavy atom. The standard InChI is InChI=1S/C12H16O2/c1-3-8-14-11-7-5-6-10(9-11)12(13)4-2/h3,5-7,9,12-13H,1,4,8H2,2H3. The summed E-state index contributed by atoms with van der Waals surface area (Å²) in [6, 6.07) is 7.51. The van der Waals surface area contributed by atoms with Gasteiger partial charge in [-0.25, -0.2) is 0 Å². The SMILES string of the molecule is C=CCOc1cccc(C(O)CC)c1. The monoisotopic (exact) mass is 192 g/mol. The van der Waals surface area contributed by atoms with E-state index in [0.717, 1.165) is 11.3 Å². The van der Waals surface area contributed by atoms with E-state index in [2.05, 4.69) is 6.58 Å². The van der Waals surface area contributed by atoms with Crippen molar-refractivity contribution in [3.05, 3.63) is 42.5 Å². The first-order chi connectivity index (χ1) is 6.77. The van der Waals surface area contributed by atoms with Crippen molar-refractivity contribution in [1.29, 1.82) is 0 Å². The summed E-state index contributed by atoms with van der Waals surface area (Å²) in [6.07, 6.45) is 2.01. The van der Waals surface area contributed by atoms with Crippen LogP contribution in [0.5, 0.6) is 5.75 Å². The third-order valence-electron chi connectivity index (χ3n) is 2.00. The van der Waals surface area contributed by atoms with E-state index < -0.39 is 6.10 Å². The van der Waals surface area contributed by atoms with E-state index in [1.165, 1.54) is 0 Å². The molecule has 0 saturated carbocycles. The summed E-state index contributed by atoms with van der Waals surface area (Å²) < 4.78 is 5.36. The van der Waals surface area contributed by atoms with E-state index >= 15 is 0 Å². The number of ether oxygens (including phenoxy) is 1. The number of aliphatic hydroxyl groups is 1. The number of hydrogen-bond donors (Lipinski definition) is 1. The van der Waals surface area contributed by atoms with Gasteiger partial charge in [-0.2, -0.15) is 0 Å². The van der Waals surface area contributed by atoms with Gasteiger partial charge in [-0.05, 0) is 24.1 Å². The molecule has 0 amide bonds. The van der Waals surface area contributed by atoms with Crippen LogP contribution in [-0.2, 0) is 0 Å². The Morgan fingerprint density at radius 2 is 2.36 bits per heavy atom. The van der Waals surface area contributed by atoms with Gasteiger partial charge in [-0.1, -0.05) is 31.7 Å². The first-order valence-corrected chi connectivity index (χ1v) is 4.79. The summed E-state index contributed by atoms with van der Waals surface area (Å²) in [4.78, 5) is 0. The molecule has 0 saturated heterocycles. The molecule has 14 heavy (non-hydrogen) atoms. The van der Waals surface area contributed by atoms with E-state index in [1.807, 2.05) is 31.2 Å². The lowest BCUT2D eigenvalue weighted by Gasteiger charge is -2.10. The Kier molecular flexibility index (Phi) is 4.20. The first-order valence-electron chi connectivity index (χ1n) is 4.79. The van der Waals surface area contributed by atoms with Crippen LogP contribution in [0.1, 0.15) is 25.0 Å². The van der Waals surface area contributed by atoms with Crippen LogP contribution in [0.4, 0.5) is 0 Å². The molecule has 1 N–H and O–H groups in total. The van der Waals surface area contributed by atoms with Gasteiger partial charge in [0.2, 0.25) is 0 Å². The van der Waals surface area contributed by atoms with Crippen LogP contribution < -0.4 is 4.74 Å². The zero-order chi connectivity index (χ0) is 10.4. The van der Waals surface area contributed by atoms with Gasteiger partial charge in [-0.15, -0.1) is 0 Å². The van der Waals surface area contributed by atoms with Gasteiger partial charge in [0.25, 0.3) is 0 Å². The Hall–Kier alpha value is -1.28. The molecule has 76 valence electrons. The smallest absolute Gasteiger partial charge is 0.120 e. The summed E-state index contributed by atoms with van der Waals surface area (Å²) >= 11 is 0. The molecule has 0 spiro atoms. The molecule has 2 nitrogen and oxygen atoms in total. The quantitative estimate of drug-likeness (QED) is 0.727. The van der Waals surface area contributed by atoms with E-state index in [0.29, 0.717) is 13.0 Å². The van der Waals surface area contributed by atoms with Crippen molar-refractivity contribution in [2.75, 3.05) is 6.61 Å². The van der Waals surface area contributed by atoms with Gasteiger partial charge in [0, 0.05) is 0 Å². The normalized spacial score (nSPS) is 12.1. The molecule has 0 heterocycles. The molecular weight excluding hydrogens is 176 g/mol. The highest BCUT2D eigenvalue weighted by molar-refractivity contribution is 5.29. The third-order valence-corrected chi connectivity index (χ3v) is 2.00. The second kappa shape index (κ2) is 5.45. The maximum atomic E-state index is 9.60. The summed E-state index contributed by atoms with van der Waals surface area (Å²) in [6.45, 7) is 6.01. The molecule has 0 aliphatic heterocycles. The van der Waals surface area contributed by atoms with Crippen LogP contribution in [-0.4, -0.2) is 11.7 Å². The van der Waals surface area contributed by atoms with Crippen LogP contribution in [0.25, 0.3) is 0 Å². The third kappa shape index (κ3) is 2.89. The molecule has 0 aliphatic rings. The van der Waals surface area contributed by atoms with Crippen molar-refractivity contribution in [3.63, 3.8) is 0 Å². The van der Waals surface area contributed by atoms with Gasteiger partial charge in [-0.3, -0.25) is 0 Å². The summed E-state index contributed by atoms with van der Waals surface area (Å²) in [5.74, 6) is 0.773. The number of rotatable bonds is 5. The highest BCUT2D eigenvalue weighted by Crippen LogP contribution is 2.21. The molecule has 0 bridgehead atoms. The van der Waals surface area contributed by atoms with Gasteiger partial charge in [0.1, 0.15) is 12.4 Å². The number of hydrogen-bond acceptors (Lipinski definition) is 2. The Labute approximate surface area is 84.8 Å². The average Bonchev–Trinajstić information content (AvgIpc) is 2.25. The molecule has 1 rings (SSSR count). The van der Waals surface area contributed by atoms with Crippen molar-refractivity contribution < 1.29 is 9.84 Å². The second-order valence-corrected chi connectivity index (χ2v) is 3.10. The molecule has 1 aromatic carbocycles. The van der Waals surface area contributed by atoms with Gasteiger partial charge in [0.15, 0.2) is 0 Å². The van der Waals surface area contributed by atoms with Crippen LogP contribution in [0.2, 0.25) is 0 Å².